The van der Waals surface area contributed by atoms with E-state index >= 15 is 0 Å². The summed E-state index contributed by atoms with van der Waals surface area (Å²) in [5.74, 6) is -1.33. The first kappa shape index (κ1) is 24.0. The average molecular weight is 467 g/mol. The van der Waals surface area contributed by atoms with Gasteiger partial charge in [0.15, 0.2) is 5.69 Å². The van der Waals surface area contributed by atoms with E-state index in [-0.39, 0.29) is 29.1 Å². The number of carbonyl (C=O) groups excluding carboxylic acids is 2. The number of para-hydroxylation sites is 1. The fourth-order valence-electron chi connectivity index (χ4n) is 3.23. The summed E-state index contributed by atoms with van der Waals surface area (Å²) in [4.78, 5) is 46.6. The molecule has 1 heterocycles. The molecule has 0 aliphatic carbocycles. The number of ether oxygens (including phenoxy) is 1. The van der Waals surface area contributed by atoms with E-state index in [9.17, 15) is 29.8 Å². The molecule has 0 saturated carbocycles. The number of benzene rings is 2. The van der Waals surface area contributed by atoms with E-state index in [1.165, 1.54) is 53.3 Å². The van der Waals surface area contributed by atoms with Crippen molar-refractivity contribution in [1.29, 1.82) is 0 Å². The molecule has 0 spiro atoms. The molecule has 0 fully saturated rings. The third kappa shape index (κ3) is 5.79. The third-order valence-electron chi connectivity index (χ3n) is 4.68. The lowest BCUT2D eigenvalue weighted by molar-refractivity contribution is -0.385. The fraction of sp³-hybridized carbons (Fsp3) is 0.227. The fourth-order valence-corrected chi connectivity index (χ4v) is 3.23. The van der Waals surface area contributed by atoms with Gasteiger partial charge in [-0.1, -0.05) is 24.3 Å². The highest BCUT2D eigenvalue weighted by molar-refractivity contribution is 5.93. The van der Waals surface area contributed by atoms with Gasteiger partial charge in [-0.25, -0.2) is 4.68 Å². The van der Waals surface area contributed by atoms with Crippen molar-refractivity contribution in [3.05, 3.63) is 92.3 Å². The summed E-state index contributed by atoms with van der Waals surface area (Å²) < 4.78 is 6.43. The van der Waals surface area contributed by atoms with E-state index in [0.29, 0.717) is 5.69 Å². The molecule has 0 radical (unpaired) electrons. The Bertz CT molecular complexity index is 1240. The van der Waals surface area contributed by atoms with Crippen molar-refractivity contribution in [2.45, 2.75) is 32.4 Å². The van der Waals surface area contributed by atoms with Gasteiger partial charge in [0, 0.05) is 24.4 Å². The maximum absolute atomic E-state index is 12.9. The van der Waals surface area contributed by atoms with E-state index in [1.54, 1.807) is 26.0 Å². The van der Waals surface area contributed by atoms with Crippen molar-refractivity contribution >= 4 is 23.3 Å². The van der Waals surface area contributed by atoms with Gasteiger partial charge >= 0.3 is 5.97 Å². The monoisotopic (exact) mass is 467 g/mol. The van der Waals surface area contributed by atoms with Crippen molar-refractivity contribution in [1.82, 2.24) is 15.1 Å². The molecule has 2 aromatic carbocycles. The van der Waals surface area contributed by atoms with Crippen LogP contribution in [0.5, 0.6) is 0 Å². The number of hydrogen-bond acceptors (Lipinski definition) is 8. The van der Waals surface area contributed by atoms with Gasteiger partial charge in [0.1, 0.15) is 0 Å². The number of amides is 1. The van der Waals surface area contributed by atoms with E-state index in [1.807, 2.05) is 0 Å². The summed E-state index contributed by atoms with van der Waals surface area (Å²) in [5.41, 5.74) is 0.0578. The Balaban J connectivity index is 1.88. The smallest absolute Gasteiger partial charge is 0.308 e. The van der Waals surface area contributed by atoms with Gasteiger partial charge in [0.25, 0.3) is 17.3 Å². The van der Waals surface area contributed by atoms with Crippen molar-refractivity contribution in [3.8, 4) is 5.69 Å². The highest BCUT2D eigenvalue weighted by Gasteiger charge is 2.27. The lowest BCUT2D eigenvalue weighted by Crippen LogP contribution is -2.32. The molecule has 12 heteroatoms. The van der Waals surface area contributed by atoms with E-state index < -0.39 is 33.9 Å². The normalized spacial score (nSPS) is 11.6. The molecular formula is C22H21N5O7. The molecule has 176 valence electrons. The largest absolute Gasteiger partial charge is 0.463 e. The zero-order valence-corrected chi connectivity index (χ0v) is 18.3. The molecule has 0 aliphatic heterocycles. The van der Waals surface area contributed by atoms with Crippen molar-refractivity contribution in [2.75, 3.05) is 0 Å². The van der Waals surface area contributed by atoms with Crippen LogP contribution < -0.4 is 5.32 Å². The number of non-ortho nitro benzene ring substituents is 1. The van der Waals surface area contributed by atoms with Crippen LogP contribution in [0.2, 0.25) is 0 Å². The van der Waals surface area contributed by atoms with E-state index in [2.05, 4.69) is 10.4 Å². The number of nitro benzene ring substituents is 2. The Morgan fingerprint density at radius 1 is 1.06 bits per heavy atom. The minimum absolute atomic E-state index is 0.0488. The quantitative estimate of drug-likeness (QED) is 0.284. The van der Waals surface area contributed by atoms with E-state index in [0.717, 1.165) is 0 Å². The predicted molar refractivity (Wildman–Crippen MR) is 119 cm³/mol. The Labute approximate surface area is 193 Å². The number of nitro groups is 2. The highest BCUT2D eigenvalue weighted by atomic mass is 16.6. The maximum atomic E-state index is 12.9. The van der Waals surface area contributed by atoms with Gasteiger partial charge in [-0.2, -0.15) is 5.10 Å². The Kier molecular flexibility index (Phi) is 7.31. The molecule has 0 aliphatic rings. The lowest BCUT2D eigenvalue weighted by atomic mass is 10.0. The van der Waals surface area contributed by atoms with Gasteiger partial charge in [0.05, 0.1) is 39.7 Å². The molecule has 0 saturated heterocycles. The van der Waals surface area contributed by atoms with Gasteiger partial charge in [-0.05, 0) is 26.0 Å². The summed E-state index contributed by atoms with van der Waals surface area (Å²) in [7, 11) is 0. The first-order valence-electron chi connectivity index (χ1n) is 10.2. The molecule has 0 bridgehead atoms. The summed E-state index contributed by atoms with van der Waals surface area (Å²) >= 11 is 0. The standard InChI is InChI=1S/C22H21N5O7/c1-14(2)34-21(28)13-19(17-8-3-4-9-20(17)27(32)33)23-22(29)18-10-11-25(24-18)15-6-5-7-16(12-15)26(30)31/h3-12,14,19H,13H2,1-2H3,(H,23,29). The number of esters is 1. The second-order valence-corrected chi connectivity index (χ2v) is 7.51. The number of aromatic nitrogens is 2. The molecule has 1 N–H and O–H groups in total. The maximum Gasteiger partial charge on any atom is 0.308 e. The van der Waals surface area contributed by atoms with Crippen LogP contribution in [0.3, 0.4) is 0 Å². The summed E-state index contributed by atoms with van der Waals surface area (Å²) in [6.45, 7) is 3.33. The van der Waals surface area contributed by atoms with Gasteiger partial charge in [-0.3, -0.25) is 29.8 Å². The third-order valence-corrected chi connectivity index (χ3v) is 4.68. The summed E-state index contributed by atoms with van der Waals surface area (Å²) in [5, 5.41) is 29.3. The molecular weight excluding hydrogens is 446 g/mol. The van der Waals surface area contributed by atoms with Crippen LogP contribution in [0.25, 0.3) is 5.69 Å². The number of nitrogens with one attached hydrogen (secondary N) is 1. The van der Waals surface area contributed by atoms with Crippen LogP contribution in [-0.4, -0.2) is 37.6 Å². The first-order valence-corrected chi connectivity index (χ1v) is 10.2. The molecule has 3 rings (SSSR count). The minimum Gasteiger partial charge on any atom is -0.463 e. The zero-order valence-electron chi connectivity index (χ0n) is 18.3. The molecule has 1 atom stereocenters. The summed E-state index contributed by atoms with van der Waals surface area (Å²) in [6.07, 6.45) is 0.710. The van der Waals surface area contributed by atoms with Crippen molar-refractivity contribution in [2.24, 2.45) is 0 Å². The predicted octanol–water partition coefficient (Wildman–Crippen LogP) is 3.50. The minimum atomic E-state index is -1.05. The van der Waals surface area contributed by atoms with Gasteiger partial charge in [0.2, 0.25) is 0 Å². The zero-order chi connectivity index (χ0) is 24.8. The van der Waals surface area contributed by atoms with Crippen LogP contribution in [0, 0.1) is 20.2 Å². The van der Waals surface area contributed by atoms with Crippen LogP contribution in [0.1, 0.15) is 42.4 Å². The van der Waals surface area contributed by atoms with Crippen molar-refractivity contribution in [3.63, 3.8) is 0 Å². The second-order valence-electron chi connectivity index (χ2n) is 7.51. The molecule has 34 heavy (non-hydrogen) atoms. The first-order chi connectivity index (χ1) is 16.2. The molecule has 12 nitrogen and oxygen atoms in total. The molecule has 1 aromatic heterocycles. The number of rotatable bonds is 9. The number of hydrogen-bond donors (Lipinski definition) is 1. The van der Waals surface area contributed by atoms with Crippen molar-refractivity contribution < 1.29 is 24.2 Å². The number of nitrogens with zero attached hydrogens (tertiary/aromatic N) is 4. The molecule has 1 unspecified atom stereocenters. The summed E-state index contributed by atoms with van der Waals surface area (Å²) in [6, 6.07) is 11.8. The SMILES string of the molecule is CC(C)OC(=O)CC(NC(=O)c1ccn(-c2cccc([N+](=O)[O-])c2)n1)c1ccccc1[N+](=O)[O-]. The van der Waals surface area contributed by atoms with Crippen LogP contribution in [-0.2, 0) is 9.53 Å². The highest BCUT2D eigenvalue weighted by Crippen LogP contribution is 2.28. The molecule has 1 amide bonds. The second kappa shape index (κ2) is 10.3. The topological polar surface area (TPSA) is 160 Å². The Morgan fingerprint density at radius 3 is 2.47 bits per heavy atom. The van der Waals surface area contributed by atoms with E-state index in [4.69, 9.17) is 4.74 Å². The Hall–Kier alpha value is -4.61. The van der Waals surface area contributed by atoms with Gasteiger partial charge in [-0.15, -0.1) is 0 Å². The van der Waals surface area contributed by atoms with Crippen LogP contribution >= 0.6 is 0 Å². The lowest BCUT2D eigenvalue weighted by Gasteiger charge is -2.19. The van der Waals surface area contributed by atoms with Gasteiger partial charge < -0.3 is 10.1 Å². The average Bonchev–Trinajstić information content (AvgIpc) is 3.28. The van der Waals surface area contributed by atoms with Crippen LogP contribution in [0.4, 0.5) is 11.4 Å². The van der Waals surface area contributed by atoms with Crippen LogP contribution in [0.15, 0.2) is 60.8 Å². The molecule has 3 aromatic rings. The Morgan fingerprint density at radius 2 is 1.79 bits per heavy atom. The number of carbonyl (C=O) groups is 2.